The highest BCUT2D eigenvalue weighted by Gasteiger charge is 2.42. The maximum Gasteiger partial charge on any atom is 0.416 e. The number of benzene rings is 1. The van der Waals surface area contributed by atoms with E-state index in [0.29, 0.717) is 31.4 Å². The van der Waals surface area contributed by atoms with Crippen molar-refractivity contribution in [1.29, 1.82) is 0 Å². The minimum absolute atomic E-state index is 0.195. The molecule has 0 bridgehead atoms. The number of fused-ring (bicyclic) bond motifs is 2. The van der Waals surface area contributed by atoms with E-state index in [1.807, 2.05) is 0 Å². The Balaban J connectivity index is 2.16. The first kappa shape index (κ1) is 15.3. The van der Waals surface area contributed by atoms with Gasteiger partial charge in [0, 0.05) is 6.54 Å². The van der Waals surface area contributed by atoms with E-state index in [9.17, 15) is 26.4 Å². The quantitative estimate of drug-likeness (QED) is 0.791. The molecular formula is C13H13F3N2O3S. The van der Waals surface area contributed by atoms with Crippen LogP contribution >= 0.6 is 0 Å². The second-order valence-electron chi connectivity index (χ2n) is 5.33. The van der Waals surface area contributed by atoms with Gasteiger partial charge in [-0.1, -0.05) is 6.42 Å². The van der Waals surface area contributed by atoms with Crippen molar-refractivity contribution in [2.24, 2.45) is 0 Å². The molecule has 22 heavy (non-hydrogen) atoms. The van der Waals surface area contributed by atoms with Gasteiger partial charge in [-0.3, -0.25) is 4.79 Å². The first-order chi connectivity index (χ1) is 10.2. The molecule has 120 valence electrons. The van der Waals surface area contributed by atoms with Gasteiger partial charge in [0.05, 0.1) is 11.3 Å². The Labute approximate surface area is 125 Å². The van der Waals surface area contributed by atoms with Crippen molar-refractivity contribution in [3.05, 3.63) is 23.8 Å². The van der Waals surface area contributed by atoms with Crippen molar-refractivity contribution < 1.29 is 26.4 Å². The zero-order chi connectivity index (χ0) is 16.1. The van der Waals surface area contributed by atoms with Crippen molar-refractivity contribution in [2.75, 3.05) is 11.9 Å². The van der Waals surface area contributed by atoms with Crippen molar-refractivity contribution in [3.63, 3.8) is 0 Å². The minimum Gasteiger partial charge on any atom is -0.323 e. The topological polar surface area (TPSA) is 66.5 Å². The minimum atomic E-state index is -4.61. The predicted octanol–water partition coefficient (Wildman–Crippen LogP) is 2.20. The molecule has 2 aliphatic rings. The largest absolute Gasteiger partial charge is 0.416 e. The molecule has 1 aromatic rings. The number of halogens is 3. The summed E-state index contributed by atoms with van der Waals surface area (Å²) in [6.45, 7) is 0.195. The smallest absolute Gasteiger partial charge is 0.323 e. The highest BCUT2D eigenvalue weighted by molar-refractivity contribution is 7.89. The van der Waals surface area contributed by atoms with Crippen LogP contribution in [0.4, 0.5) is 18.9 Å². The lowest BCUT2D eigenvalue weighted by atomic mass is 10.0. The Hall–Kier alpha value is -1.61. The van der Waals surface area contributed by atoms with E-state index in [4.69, 9.17) is 0 Å². The molecule has 2 aliphatic heterocycles. The van der Waals surface area contributed by atoms with Crippen LogP contribution in [-0.2, 0) is 21.0 Å². The summed E-state index contributed by atoms with van der Waals surface area (Å²) in [7, 11) is -3.99. The molecule has 0 aliphatic carbocycles. The maximum atomic E-state index is 12.8. The number of carbonyl (C=O) groups excluding carboxylic acids is 1. The normalized spacial score (nSPS) is 24.9. The lowest BCUT2D eigenvalue weighted by Crippen LogP contribution is -2.47. The standard InChI is InChI=1S/C13H13F3N2O3S/c14-13(15,16)8-4-5-11-9(7-8)17-12(19)10-3-1-2-6-18(10)22(11,20)21/h4-5,7,10H,1-3,6H2,(H,17,19). The molecule has 3 rings (SSSR count). The summed E-state index contributed by atoms with van der Waals surface area (Å²) in [6.07, 6.45) is -2.92. The number of piperidine rings is 1. The van der Waals surface area contributed by atoms with Crippen LogP contribution in [0, 0.1) is 0 Å². The number of hydrogen-bond donors (Lipinski definition) is 1. The van der Waals surface area contributed by atoms with E-state index >= 15 is 0 Å². The zero-order valence-electron chi connectivity index (χ0n) is 11.4. The van der Waals surface area contributed by atoms with E-state index in [2.05, 4.69) is 5.32 Å². The third-order valence-corrected chi connectivity index (χ3v) is 5.87. The summed E-state index contributed by atoms with van der Waals surface area (Å²) < 4.78 is 64.6. The van der Waals surface area contributed by atoms with E-state index in [1.54, 1.807) is 0 Å². The Morgan fingerprint density at radius 3 is 2.64 bits per heavy atom. The monoisotopic (exact) mass is 334 g/mol. The highest BCUT2D eigenvalue weighted by Crippen LogP contribution is 2.37. The van der Waals surface area contributed by atoms with Gasteiger partial charge in [-0.05, 0) is 31.0 Å². The molecule has 1 saturated heterocycles. The number of anilines is 1. The SMILES string of the molecule is O=C1Nc2cc(C(F)(F)F)ccc2S(=O)(=O)N2CCCCC12. The van der Waals surface area contributed by atoms with Crippen molar-refractivity contribution in [3.8, 4) is 0 Å². The van der Waals surface area contributed by atoms with Crippen molar-refractivity contribution in [1.82, 2.24) is 4.31 Å². The van der Waals surface area contributed by atoms with Crippen LogP contribution in [0.2, 0.25) is 0 Å². The molecule has 0 aromatic heterocycles. The molecule has 1 unspecified atom stereocenters. The molecule has 0 spiro atoms. The van der Waals surface area contributed by atoms with Crippen LogP contribution in [0.15, 0.2) is 23.1 Å². The number of sulfonamides is 1. The maximum absolute atomic E-state index is 12.8. The molecule has 0 saturated carbocycles. The lowest BCUT2D eigenvalue weighted by molar-refractivity contribution is -0.137. The fourth-order valence-electron chi connectivity index (χ4n) is 2.83. The first-order valence-corrected chi connectivity index (χ1v) is 8.19. The number of hydrogen-bond acceptors (Lipinski definition) is 3. The Morgan fingerprint density at radius 2 is 1.95 bits per heavy atom. The molecule has 0 radical (unpaired) electrons. The Morgan fingerprint density at radius 1 is 1.23 bits per heavy atom. The van der Waals surface area contributed by atoms with Gasteiger partial charge >= 0.3 is 6.18 Å². The average molecular weight is 334 g/mol. The van der Waals surface area contributed by atoms with Gasteiger partial charge in [0.25, 0.3) is 0 Å². The summed E-state index contributed by atoms with van der Waals surface area (Å²) in [5, 5.41) is 2.33. The van der Waals surface area contributed by atoms with Crippen LogP contribution in [0.5, 0.6) is 0 Å². The summed E-state index contributed by atoms with van der Waals surface area (Å²) in [5.41, 5.74) is -1.31. The molecule has 1 amide bonds. The molecule has 1 N–H and O–H groups in total. The first-order valence-electron chi connectivity index (χ1n) is 6.75. The molecule has 9 heteroatoms. The fraction of sp³-hybridized carbons (Fsp3) is 0.462. The number of nitrogens with one attached hydrogen (secondary N) is 1. The molecule has 1 aromatic carbocycles. The third kappa shape index (κ3) is 2.38. The van der Waals surface area contributed by atoms with Crippen LogP contribution in [-0.4, -0.2) is 31.2 Å². The van der Waals surface area contributed by atoms with E-state index in [1.165, 1.54) is 0 Å². The third-order valence-electron chi connectivity index (χ3n) is 3.91. The van der Waals surface area contributed by atoms with Crippen molar-refractivity contribution >= 4 is 21.6 Å². The molecule has 1 fully saturated rings. The van der Waals surface area contributed by atoms with Crippen molar-refractivity contribution in [2.45, 2.75) is 36.4 Å². The Bertz CT molecular complexity index is 731. The summed E-state index contributed by atoms with van der Waals surface area (Å²) >= 11 is 0. The van der Waals surface area contributed by atoms with Gasteiger partial charge in [-0.15, -0.1) is 0 Å². The number of amides is 1. The molecular weight excluding hydrogens is 321 g/mol. The van der Waals surface area contributed by atoms with Gasteiger partial charge in [0.15, 0.2) is 0 Å². The molecule has 5 nitrogen and oxygen atoms in total. The van der Waals surface area contributed by atoms with Gasteiger partial charge in [0.1, 0.15) is 10.9 Å². The fourth-order valence-corrected chi connectivity index (χ4v) is 4.61. The summed E-state index contributed by atoms with van der Waals surface area (Å²) in [4.78, 5) is 11.9. The number of rotatable bonds is 0. The van der Waals surface area contributed by atoms with Crippen LogP contribution in [0.1, 0.15) is 24.8 Å². The van der Waals surface area contributed by atoms with Crippen LogP contribution in [0.25, 0.3) is 0 Å². The highest BCUT2D eigenvalue weighted by atomic mass is 32.2. The molecule has 1 atom stereocenters. The second kappa shape index (κ2) is 4.95. The average Bonchev–Trinajstić information content (AvgIpc) is 2.53. The predicted molar refractivity (Wildman–Crippen MR) is 71.6 cm³/mol. The molecule has 2 heterocycles. The number of carbonyl (C=O) groups is 1. The van der Waals surface area contributed by atoms with Gasteiger partial charge in [-0.25, -0.2) is 8.42 Å². The summed E-state index contributed by atoms with van der Waals surface area (Å²) in [5.74, 6) is -0.582. The van der Waals surface area contributed by atoms with E-state index in [0.717, 1.165) is 10.4 Å². The van der Waals surface area contributed by atoms with Crippen LogP contribution < -0.4 is 5.32 Å². The van der Waals surface area contributed by atoms with Gasteiger partial charge < -0.3 is 5.32 Å². The number of nitrogens with zero attached hydrogens (tertiary/aromatic N) is 1. The summed E-state index contributed by atoms with van der Waals surface area (Å²) in [6, 6.07) is 1.43. The van der Waals surface area contributed by atoms with Crippen LogP contribution in [0.3, 0.4) is 0 Å². The van der Waals surface area contributed by atoms with E-state index in [-0.39, 0.29) is 17.1 Å². The second-order valence-corrected chi connectivity index (χ2v) is 7.18. The van der Waals surface area contributed by atoms with Gasteiger partial charge in [-0.2, -0.15) is 17.5 Å². The zero-order valence-corrected chi connectivity index (χ0v) is 12.2. The lowest BCUT2D eigenvalue weighted by Gasteiger charge is -2.31. The van der Waals surface area contributed by atoms with Gasteiger partial charge in [0.2, 0.25) is 15.9 Å². The van der Waals surface area contributed by atoms with E-state index < -0.39 is 33.7 Å². The number of alkyl halides is 3. The Kier molecular flexibility index (Phi) is 3.44.